The number of aromatic nitrogens is 1. The third-order valence-corrected chi connectivity index (χ3v) is 4.39. The first-order chi connectivity index (χ1) is 13.3. The van der Waals surface area contributed by atoms with Crippen molar-refractivity contribution in [2.75, 3.05) is 0 Å². The van der Waals surface area contributed by atoms with Crippen LogP contribution in [-0.2, 0) is 4.79 Å². The van der Waals surface area contributed by atoms with Crippen LogP contribution in [0.25, 0.3) is 10.9 Å². The molecule has 0 aliphatic heterocycles. The zero-order chi connectivity index (χ0) is 20.3. The monoisotopic (exact) mass is 398 g/mol. The number of nitrogens with one attached hydrogen (secondary N) is 1. The van der Waals surface area contributed by atoms with Gasteiger partial charge in [0, 0.05) is 24.4 Å². The normalized spacial score (nSPS) is 12.1. The number of nitrogens with zero attached hydrogens (tertiary/aromatic N) is 1. The van der Waals surface area contributed by atoms with Gasteiger partial charge in [-0.2, -0.15) is 0 Å². The first-order valence-electron chi connectivity index (χ1n) is 9.13. The van der Waals surface area contributed by atoms with E-state index in [9.17, 15) is 4.79 Å². The Labute approximate surface area is 169 Å². The van der Waals surface area contributed by atoms with Crippen LogP contribution in [0.15, 0.2) is 48.5 Å². The van der Waals surface area contributed by atoms with Gasteiger partial charge in [0.05, 0.1) is 22.7 Å². The topological polar surface area (TPSA) is 60.5 Å². The van der Waals surface area contributed by atoms with E-state index in [1.54, 1.807) is 18.2 Å². The van der Waals surface area contributed by atoms with Crippen molar-refractivity contribution in [2.24, 2.45) is 0 Å². The molecule has 1 aromatic heterocycles. The van der Waals surface area contributed by atoms with Crippen molar-refractivity contribution in [3.8, 4) is 17.4 Å². The van der Waals surface area contributed by atoms with Crippen molar-refractivity contribution >= 4 is 28.4 Å². The highest BCUT2D eigenvalue weighted by Crippen LogP contribution is 2.32. The minimum atomic E-state index is -0.0634. The smallest absolute Gasteiger partial charge is 0.219 e. The second-order valence-corrected chi connectivity index (χ2v) is 7.29. The standard InChI is InChI=1S/C22H23ClN2O3/c1-13(2)27-21-9-7-18(12-19(21)23)28-22-10-6-17-11-16(5-8-20(17)25-22)14(3)24-15(4)26/h5-14H,1-4H3,(H,24,26). The lowest BCUT2D eigenvalue weighted by Gasteiger charge is -2.14. The molecule has 0 bridgehead atoms. The molecule has 3 aromatic rings. The van der Waals surface area contributed by atoms with Crippen LogP contribution in [0, 0.1) is 0 Å². The molecule has 5 nitrogen and oxygen atoms in total. The fourth-order valence-corrected chi connectivity index (χ4v) is 3.07. The number of ether oxygens (including phenoxy) is 2. The Morgan fingerprint density at radius 2 is 1.86 bits per heavy atom. The molecule has 1 N–H and O–H groups in total. The Balaban J connectivity index is 1.79. The van der Waals surface area contributed by atoms with Crippen LogP contribution < -0.4 is 14.8 Å². The van der Waals surface area contributed by atoms with Crippen molar-refractivity contribution in [3.05, 3.63) is 59.1 Å². The molecule has 2 aromatic carbocycles. The summed E-state index contributed by atoms with van der Waals surface area (Å²) in [7, 11) is 0. The van der Waals surface area contributed by atoms with Crippen LogP contribution in [0.5, 0.6) is 17.4 Å². The summed E-state index contributed by atoms with van der Waals surface area (Å²) in [6, 6.07) is 14.9. The van der Waals surface area contributed by atoms with Gasteiger partial charge in [-0.05, 0) is 56.7 Å². The Morgan fingerprint density at radius 1 is 1.07 bits per heavy atom. The highest BCUT2D eigenvalue weighted by atomic mass is 35.5. The average molecular weight is 399 g/mol. The van der Waals surface area contributed by atoms with Gasteiger partial charge < -0.3 is 14.8 Å². The van der Waals surface area contributed by atoms with E-state index in [0.717, 1.165) is 16.5 Å². The Morgan fingerprint density at radius 3 is 2.54 bits per heavy atom. The van der Waals surface area contributed by atoms with E-state index in [1.807, 2.05) is 51.1 Å². The van der Waals surface area contributed by atoms with Crippen LogP contribution in [0.1, 0.15) is 39.3 Å². The summed E-state index contributed by atoms with van der Waals surface area (Å²) in [5, 5.41) is 4.34. The molecule has 0 spiro atoms. The van der Waals surface area contributed by atoms with Gasteiger partial charge in [-0.3, -0.25) is 4.79 Å². The maximum Gasteiger partial charge on any atom is 0.219 e. The van der Waals surface area contributed by atoms with Gasteiger partial charge in [-0.15, -0.1) is 0 Å². The highest BCUT2D eigenvalue weighted by molar-refractivity contribution is 6.32. The summed E-state index contributed by atoms with van der Waals surface area (Å²) in [5.41, 5.74) is 1.83. The first kappa shape index (κ1) is 20.0. The zero-order valence-electron chi connectivity index (χ0n) is 16.3. The Hall–Kier alpha value is -2.79. The molecule has 146 valence electrons. The number of rotatable bonds is 6. The predicted molar refractivity (Wildman–Crippen MR) is 111 cm³/mol. The number of pyridine rings is 1. The second-order valence-electron chi connectivity index (χ2n) is 6.88. The van der Waals surface area contributed by atoms with Gasteiger partial charge in [0.15, 0.2) is 0 Å². The van der Waals surface area contributed by atoms with E-state index in [4.69, 9.17) is 21.1 Å². The van der Waals surface area contributed by atoms with Crippen molar-refractivity contribution < 1.29 is 14.3 Å². The van der Waals surface area contributed by atoms with Crippen LogP contribution in [0.4, 0.5) is 0 Å². The largest absolute Gasteiger partial charge is 0.489 e. The van der Waals surface area contributed by atoms with E-state index < -0.39 is 0 Å². The van der Waals surface area contributed by atoms with E-state index >= 15 is 0 Å². The highest BCUT2D eigenvalue weighted by Gasteiger charge is 2.10. The third-order valence-electron chi connectivity index (χ3n) is 4.10. The molecule has 1 unspecified atom stereocenters. The van der Waals surface area contributed by atoms with E-state index in [1.165, 1.54) is 6.92 Å². The zero-order valence-corrected chi connectivity index (χ0v) is 17.1. The van der Waals surface area contributed by atoms with Crippen molar-refractivity contribution in [3.63, 3.8) is 0 Å². The maximum absolute atomic E-state index is 11.2. The number of amides is 1. The van der Waals surface area contributed by atoms with Crippen LogP contribution >= 0.6 is 11.6 Å². The molecule has 0 aliphatic carbocycles. The molecule has 1 amide bonds. The molecule has 0 aliphatic rings. The molecule has 0 saturated heterocycles. The van der Waals surface area contributed by atoms with Crippen LogP contribution in [0.2, 0.25) is 5.02 Å². The molecule has 3 rings (SSSR count). The minimum Gasteiger partial charge on any atom is -0.489 e. The molecular formula is C22H23ClN2O3. The number of carbonyl (C=O) groups excluding carboxylic acids is 1. The lowest BCUT2D eigenvalue weighted by Crippen LogP contribution is -2.23. The summed E-state index contributed by atoms with van der Waals surface area (Å²) in [6.07, 6.45) is 0.0460. The molecule has 0 saturated carbocycles. The average Bonchev–Trinajstić information content (AvgIpc) is 2.62. The first-order valence-corrected chi connectivity index (χ1v) is 9.51. The summed E-state index contributed by atoms with van der Waals surface area (Å²) in [6.45, 7) is 7.35. The predicted octanol–water partition coefficient (Wildman–Crippen LogP) is 5.66. The second kappa shape index (κ2) is 8.48. The van der Waals surface area contributed by atoms with E-state index in [0.29, 0.717) is 22.4 Å². The van der Waals surface area contributed by atoms with Crippen LogP contribution in [0.3, 0.4) is 0 Å². The molecular weight excluding hydrogens is 376 g/mol. The minimum absolute atomic E-state index is 0.0460. The summed E-state index contributed by atoms with van der Waals surface area (Å²) >= 11 is 6.26. The van der Waals surface area contributed by atoms with Crippen molar-refractivity contribution in [2.45, 2.75) is 39.8 Å². The van der Waals surface area contributed by atoms with Gasteiger partial charge in [-0.1, -0.05) is 17.7 Å². The lowest BCUT2D eigenvalue weighted by molar-refractivity contribution is -0.119. The lowest BCUT2D eigenvalue weighted by atomic mass is 10.1. The van der Waals surface area contributed by atoms with Crippen molar-refractivity contribution in [1.82, 2.24) is 10.3 Å². The van der Waals surface area contributed by atoms with Crippen molar-refractivity contribution in [1.29, 1.82) is 0 Å². The fourth-order valence-electron chi connectivity index (χ4n) is 2.86. The molecule has 1 heterocycles. The number of benzene rings is 2. The maximum atomic E-state index is 11.2. The van der Waals surface area contributed by atoms with Gasteiger partial charge in [-0.25, -0.2) is 4.98 Å². The summed E-state index contributed by atoms with van der Waals surface area (Å²) < 4.78 is 11.5. The van der Waals surface area contributed by atoms with Crippen LogP contribution in [-0.4, -0.2) is 17.0 Å². The number of carbonyl (C=O) groups is 1. The number of halogens is 1. The van der Waals surface area contributed by atoms with Gasteiger partial charge in [0.1, 0.15) is 11.5 Å². The molecule has 28 heavy (non-hydrogen) atoms. The van der Waals surface area contributed by atoms with Gasteiger partial charge in [0.25, 0.3) is 0 Å². The van der Waals surface area contributed by atoms with Gasteiger partial charge in [0.2, 0.25) is 11.8 Å². The molecule has 6 heteroatoms. The van der Waals surface area contributed by atoms with Gasteiger partial charge >= 0.3 is 0 Å². The molecule has 0 radical (unpaired) electrons. The number of hydrogen-bond acceptors (Lipinski definition) is 4. The van der Waals surface area contributed by atoms with E-state index in [2.05, 4.69) is 10.3 Å². The SMILES string of the molecule is CC(=O)NC(C)c1ccc2nc(Oc3ccc(OC(C)C)c(Cl)c3)ccc2c1. The number of hydrogen-bond donors (Lipinski definition) is 1. The molecule has 0 fully saturated rings. The summed E-state index contributed by atoms with van der Waals surface area (Å²) in [4.78, 5) is 15.8. The Bertz CT molecular complexity index is 1000. The van der Waals surface area contributed by atoms with E-state index in [-0.39, 0.29) is 18.1 Å². The summed E-state index contributed by atoms with van der Waals surface area (Å²) in [5.74, 6) is 1.63. The molecule has 1 atom stereocenters. The fraction of sp³-hybridized carbons (Fsp3) is 0.273. The Kier molecular flexibility index (Phi) is 6.05. The quantitative estimate of drug-likeness (QED) is 0.581. The third kappa shape index (κ3) is 4.93. The number of fused-ring (bicyclic) bond motifs is 1.